The fourth-order valence-corrected chi connectivity index (χ4v) is 3.31. The van der Waals surface area contributed by atoms with Crippen LogP contribution in [0.25, 0.3) is 0 Å². The normalized spacial score (nSPS) is 19.5. The highest BCUT2D eigenvalue weighted by atomic mass is 16.3. The molecule has 0 spiro atoms. The molecule has 0 radical (unpaired) electrons. The van der Waals surface area contributed by atoms with E-state index in [1.165, 1.54) is 4.90 Å². The van der Waals surface area contributed by atoms with Crippen LogP contribution in [0.2, 0.25) is 0 Å². The molecular weight excluding hydrogens is 302 g/mol. The van der Waals surface area contributed by atoms with Gasteiger partial charge in [0.25, 0.3) is 5.91 Å². The van der Waals surface area contributed by atoms with Gasteiger partial charge in [-0.2, -0.15) is 0 Å². The van der Waals surface area contributed by atoms with Crippen LogP contribution in [0.15, 0.2) is 67.1 Å². The van der Waals surface area contributed by atoms with Gasteiger partial charge in [0.15, 0.2) is 5.72 Å². The van der Waals surface area contributed by atoms with E-state index in [4.69, 9.17) is 0 Å². The zero-order valence-corrected chi connectivity index (χ0v) is 13.0. The second-order valence-electron chi connectivity index (χ2n) is 5.87. The maximum atomic E-state index is 12.9. The number of hydrogen-bond donors (Lipinski definition) is 2. The van der Waals surface area contributed by atoms with Gasteiger partial charge in [0.05, 0.1) is 6.33 Å². The number of amides is 1. The minimum Gasteiger partial charge on any atom is -0.363 e. The molecule has 1 unspecified atom stereocenters. The number of carbonyl (C=O) groups excluding carboxylic acids is 1. The first-order valence-corrected chi connectivity index (χ1v) is 7.88. The molecule has 1 aliphatic heterocycles. The van der Waals surface area contributed by atoms with Gasteiger partial charge < -0.3 is 15.0 Å². The van der Waals surface area contributed by atoms with Gasteiger partial charge in [-0.05, 0) is 6.07 Å². The fraction of sp³-hybridized carbons (Fsp3) is 0.158. The number of aromatic nitrogens is 2. The van der Waals surface area contributed by atoms with Crippen molar-refractivity contribution < 1.29 is 9.90 Å². The smallest absolute Gasteiger partial charge is 0.257 e. The Morgan fingerprint density at radius 3 is 2.58 bits per heavy atom. The first-order valence-electron chi connectivity index (χ1n) is 7.88. The Bertz CT molecular complexity index is 861. The van der Waals surface area contributed by atoms with Crippen molar-refractivity contribution in [2.45, 2.75) is 12.1 Å². The minimum absolute atomic E-state index is 0.156. The van der Waals surface area contributed by atoms with Gasteiger partial charge in [-0.25, -0.2) is 4.98 Å². The zero-order valence-electron chi connectivity index (χ0n) is 13.0. The second kappa shape index (κ2) is 5.62. The summed E-state index contributed by atoms with van der Waals surface area (Å²) < 4.78 is 0. The summed E-state index contributed by atoms with van der Waals surface area (Å²) in [7, 11) is 0. The van der Waals surface area contributed by atoms with E-state index >= 15 is 0 Å². The van der Waals surface area contributed by atoms with Crippen LogP contribution >= 0.6 is 0 Å². The van der Waals surface area contributed by atoms with E-state index in [2.05, 4.69) is 9.97 Å². The summed E-state index contributed by atoms with van der Waals surface area (Å²) in [5, 5.41) is 11.6. The minimum atomic E-state index is -1.45. The van der Waals surface area contributed by atoms with Crippen molar-refractivity contribution in [1.29, 1.82) is 0 Å². The van der Waals surface area contributed by atoms with E-state index in [0.29, 0.717) is 29.7 Å². The number of nitrogens with one attached hydrogen (secondary N) is 1. The fourth-order valence-electron chi connectivity index (χ4n) is 3.31. The van der Waals surface area contributed by atoms with Crippen molar-refractivity contribution in [2.75, 3.05) is 6.54 Å². The number of hydrogen-bond acceptors (Lipinski definition) is 3. The molecule has 1 amide bonds. The van der Waals surface area contributed by atoms with Crippen LogP contribution in [0.1, 0.15) is 27.2 Å². The molecule has 0 saturated heterocycles. The predicted octanol–water partition coefficient (Wildman–Crippen LogP) is 2.30. The van der Waals surface area contributed by atoms with Gasteiger partial charge in [0.2, 0.25) is 0 Å². The molecule has 0 fully saturated rings. The molecule has 0 bridgehead atoms. The molecule has 24 heavy (non-hydrogen) atoms. The van der Waals surface area contributed by atoms with Crippen LogP contribution in [-0.4, -0.2) is 32.4 Å². The molecule has 120 valence electrons. The second-order valence-corrected chi connectivity index (χ2v) is 5.87. The lowest BCUT2D eigenvalue weighted by Crippen LogP contribution is -2.45. The Labute approximate surface area is 139 Å². The molecule has 1 aromatic heterocycles. The number of rotatable bonds is 4. The van der Waals surface area contributed by atoms with Gasteiger partial charge in [0.1, 0.15) is 0 Å². The highest BCUT2D eigenvalue weighted by Gasteiger charge is 2.49. The van der Waals surface area contributed by atoms with Crippen LogP contribution in [-0.2, 0) is 12.1 Å². The van der Waals surface area contributed by atoms with Crippen LogP contribution < -0.4 is 0 Å². The van der Waals surface area contributed by atoms with E-state index in [1.54, 1.807) is 18.6 Å². The predicted molar refractivity (Wildman–Crippen MR) is 89.2 cm³/mol. The van der Waals surface area contributed by atoms with E-state index in [9.17, 15) is 9.90 Å². The Hall–Kier alpha value is -2.92. The van der Waals surface area contributed by atoms with Crippen molar-refractivity contribution in [3.05, 3.63) is 89.5 Å². The quantitative estimate of drug-likeness (QED) is 0.775. The number of benzene rings is 2. The monoisotopic (exact) mass is 319 g/mol. The highest BCUT2D eigenvalue weighted by molar-refractivity contribution is 6.00. The summed E-state index contributed by atoms with van der Waals surface area (Å²) in [5.41, 5.74) is 1.34. The molecular formula is C19H17N3O2. The molecule has 2 heterocycles. The summed E-state index contributed by atoms with van der Waals surface area (Å²) in [6.07, 6.45) is 3.93. The van der Waals surface area contributed by atoms with Crippen molar-refractivity contribution in [1.82, 2.24) is 14.9 Å². The van der Waals surface area contributed by atoms with Crippen LogP contribution in [0, 0.1) is 0 Å². The van der Waals surface area contributed by atoms with Crippen molar-refractivity contribution >= 4 is 5.91 Å². The summed E-state index contributed by atoms with van der Waals surface area (Å²) in [5.74, 6) is -0.156. The number of nitrogens with zero attached hydrogens (tertiary/aromatic N) is 2. The Kier molecular flexibility index (Phi) is 3.43. The van der Waals surface area contributed by atoms with E-state index in [-0.39, 0.29) is 5.91 Å². The highest BCUT2D eigenvalue weighted by Crippen LogP contribution is 2.41. The molecule has 1 atom stereocenters. The lowest BCUT2D eigenvalue weighted by atomic mass is 9.94. The molecule has 0 aliphatic carbocycles. The van der Waals surface area contributed by atoms with Crippen LogP contribution in [0.5, 0.6) is 0 Å². The third-order valence-corrected chi connectivity index (χ3v) is 4.50. The summed E-state index contributed by atoms with van der Waals surface area (Å²) in [6.45, 7) is 0.390. The van der Waals surface area contributed by atoms with Crippen molar-refractivity contribution in [2.24, 2.45) is 0 Å². The van der Waals surface area contributed by atoms with Gasteiger partial charge in [0, 0.05) is 41.5 Å². The Morgan fingerprint density at radius 2 is 1.83 bits per heavy atom. The van der Waals surface area contributed by atoms with Crippen molar-refractivity contribution in [3.63, 3.8) is 0 Å². The van der Waals surface area contributed by atoms with Crippen LogP contribution in [0.4, 0.5) is 0 Å². The van der Waals surface area contributed by atoms with Gasteiger partial charge in [-0.15, -0.1) is 0 Å². The van der Waals surface area contributed by atoms with Gasteiger partial charge in [-0.1, -0.05) is 48.5 Å². The largest absolute Gasteiger partial charge is 0.363 e. The van der Waals surface area contributed by atoms with Gasteiger partial charge >= 0.3 is 0 Å². The standard InChI is InChI=1S/C19H17N3O2/c23-18-16-8-4-5-9-17(16)19(24,14-6-2-1-3-7-14)22(18)11-10-15-12-20-13-21-15/h1-9,12-13,24H,10-11H2,(H,20,21). The molecule has 2 N–H and O–H groups in total. The summed E-state index contributed by atoms with van der Waals surface area (Å²) >= 11 is 0. The first kappa shape index (κ1) is 14.7. The number of aliphatic hydroxyl groups is 1. The first-order chi connectivity index (χ1) is 11.7. The molecule has 5 nitrogen and oxygen atoms in total. The van der Waals surface area contributed by atoms with E-state index in [1.807, 2.05) is 48.5 Å². The molecule has 2 aromatic carbocycles. The lowest BCUT2D eigenvalue weighted by Gasteiger charge is -2.34. The summed E-state index contributed by atoms with van der Waals surface area (Å²) in [4.78, 5) is 21.5. The average molecular weight is 319 g/mol. The Morgan fingerprint density at radius 1 is 1.08 bits per heavy atom. The average Bonchev–Trinajstić information content (AvgIpc) is 3.22. The number of aromatic amines is 1. The molecule has 5 heteroatoms. The van der Waals surface area contributed by atoms with Crippen molar-refractivity contribution in [3.8, 4) is 0 Å². The zero-order chi connectivity index (χ0) is 16.6. The molecule has 0 saturated carbocycles. The number of imidazole rings is 1. The van der Waals surface area contributed by atoms with E-state index in [0.717, 1.165) is 5.69 Å². The maximum Gasteiger partial charge on any atom is 0.257 e. The van der Waals surface area contributed by atoms with E-state index < -0.39 is 5.72 Å². The van der Waals surface area contributed by atoms with Crippen LogP contribution in [0.3, 0.4) is 0 Å². The topological polar surface area (TPSA) is 69.2 Å². The number of carbonyl (C=O) groups is 1. The maximum absolute atomic E-state index is 12.9. The third-order valence-electron chi connectivity index (χ3n) is 4.50. The van der Waals surface area contributed by atoms with Gasteiger partial charge in [-0.3, -0.25) is 4.79 Å². The number of fused-ring (bicyclic) bond motifs is 1. The summed E-state index contributed by atoms with van der Waals surface area (Å²) in [6, 6.07) is 16.6. The lowest BCUT2D eigenvalue weighted by molar-refractivity contribution is -0.0494. The Balaban J connectivity index is 1.78. The molecule has 4 rings (SSSR count). The molecule has 1 aliphatic rings. The SMILES string of the molecule is O=C1c2ccccc2C(O)(c2ccccc2)N1CCc1cnc[nH]1. The molecule has 3 aromatic rings. The third kappa shape index (κ3) is 2.13. The number of H-pyrrole nitrogens is 1.